The number of benzene rings is 1. The first-order valence-electron chi connectivity index (χ1n) is 7.67. The molecule has 1 aromatic carbocycles. The maximum absolute atomic E-state index is 13.8. The van der Waals surface area contributed by atoms with Crippen molar-refractivity contribution in [1.29, 1.82) is 0 Å². The van der Waals surface area contributed by atoms with Crippen molar-refractivity contribution in [1.82, 2.24) is 10.6 Å². The second-order valence-electron chi connectivity index (χ2n) is 6.45. The summed E-state index contributed by atoms with van der Waals surface area (Å²) >= 11 is 0. The van der Waals surface area contributed by atoms with Gasteiger partial charge in [-0.1, -0.05) is 27.7 Å². The quantitative estimate of drug-likeness (QED) is 0.844. The summed E-state index contributed by atoms with van der Waals surface area (Å²) in [6, 6.07) is 2.57. The van der Waals surface area contributed by atoms with E-state index >= 15 is 0 Å². The molecule has 0 aliphatic rings. The summed E-state index contributed by atoms with van der Waals surface area (Å²) in [6.07, 6.45) is 0.510. The molecule has 0 fully saturated rings. The minimum Gasteiger partial charge on any atom is -0.355 e. The van der Waals surface area contributed by atoms with Gasteiger partial charge in [0.1, 0.15) is 11.6 Å². The van der Waals surface area contributed by atoms with E-state index in [9.17, 15) is 18.4 Å². The number of carbonyl (C=O) groups is 2. The van der Waals surface area contributed by atoms with Crippen LogP contribution in [0.1, 0.15) is 52.1 Å². The highest BCUT2D eigenvalue weighted by Crippen LogP contribution is 2.21. The number of rotatable bonds is 6. The van der Waals surface area contributed by atoms with Crippen LogP contribution in [0.15, 0.2) is 18.2 Å². The molecule has 0 radical (unpaired) electrons. The SMILES string of the molecule is CC[C@H](NC(=O)CCNC(=O)C(C)(C)C)c1cc(F)ccc1F. The molecule has 0 aromatic heterocycles. The Balaban J connectivity index is 2.58. The summed E-state index contributed by atoms with van der Waals surface area (Å²) in [5, 5.41) is 5.34. The largest absolute Gasteiger partial charge is 0.355 e. The zero-order valence-electron chi connectivity index (χ0n) is 14.0. The van der Waals surface area contributed by atoms with Crippen LogP contribution in [0.5, 0.6) is 0 Å². The minimum atomic E-state index is -0.600. The van der Waals surface area contributed by atoms with E-state index in [4.69, 9.17) is 0 Å². The average Bonchev–Trinajstić information content (AvgIpc) is 2.46. The molecule has 128 valence electrons. The summed E-state index contributed by atoms with van der Waals surface area (Å²) in [6.45, 7) is 7.31. The van der Waals surface area contributed by atoms with Crippen LogP contribution in [0.3, 0.4) is 0 Å². The molecule has 0 saturated carbocycles. The van der Waals surface area contributed by atoms with Crippen LogP contribution >= 0.6 is 0 Å². The van der Waals surface area contributed by atoms with E-state index in [-0.39, 0.29) is 30.3 Å². The van der Waals surface area contributed by atoms with Gasteiger partial charge in [0.15, 0.2) is 0 Å². The fourth-order valence-electron chi connectivity index (χ4n) is 2.00. The Morgan fingerprint density at radius 3 is 2.43 bits per heavy atom. The molecule has 1 aromatic rings. The average molecular weight is 326 g/mol. The molecular weight excluding hydrogens is 302 g/mol. The van der Waals surface area contributed by atoms with Crippen LogP contribution in [0.2, 0.25) is 0 Å². The summed E-state index contributed by atoms with van der Waals surface area (Å²) in [5.74, 6) is -1.57. The molecule has 0 saturated heterocycles. The molecule has 0 heterocycles. The van der Waals surface area contributed by atoms with Crippen LogP contribution < -0.4 is 10.6 Å². The first-order valence-corrected chi connectivity index (χ1v) is 7.67. The minimum absolute atomic E-state index is 0.0786. The third-order valence-corrected chi connectivity index (χ3v) is 3.40. The molecule has 0 aliphatic carbocycles. The lowest BCUT2D eigenvalue weighted by atomic mass is 9.96. The molecule has 2 amide bonds. The third kappa shape index (κ3) is 5.96. The molecule has 0 bridgehead atoms. The fraction of sp³-hybridized carbons (Fsp3) is 0.529. The van der Waals surface area contributed by atoms with Gasteiger partial charge in [-0.05, 0) is 24.6 Å². The third-order valence-electron chi connectivity index (χ3n) is 3.40. The Hall–Kier alpha value is -1.98. The first kappa shape index (κ1) is 19.1. The van der Waals surface area contributed by atoms with Crippen molar-refractivity contribution in [2.75, 3.05) is 6.54 Å². The van der Waals surface area contributed by atoms with Crippen LogP contribution in [-0.4, -0.2) is 18.4 Å². The van der Waals surface area contributed by atoms with Gasteiger partial charge in [-0.25, -0.2) is 8.78 Å². The van der Waals surface area contributed by atoms with Crippen molar-refractivity contribution >= 4 is 11.8 Å². The molecule has 0 spiro atoms. The lowest BCUT2D eigenvalue weighted by molar-refractivity contribution is -0.128. The van der Waals surface area contributed by atoms with Crippen molar-refractivity contribution < 1.29 is 18.4 Å². The van der Waals surface area contributed by atoms with E-state index in [1.807, 2.05) is 0 Å². The van der Waals surface area contributed by atoms with Crippen molar-refractivity contribution in [3.8, 4) is 0 Å². The second kappa shape index (κ2) is 8.04. The van der Waals surface area contributed by atoms with Crippen molar-refractivity contribution in [2.24, 2.45) is 5.41 Å². The maximum Gasteiger partial charge on any atom is 0.225 e. The monoisotopic (exact) mass is 326 g/mol. The number of nitrogens with one attached hydrogen (secondary N) is 2. The lowest BCUT2D eigenvalue weighted by Gasteiger charge is -2.20. The molecular formula is C17H24F2N2O2. The van der Waals surface area contributed by atoms with E-state index in [1.54, 1.807) is 27.7 Å². The number of amides is 2. The van der Waals surface area contributed by atoms with Crippen LogP contribution in [-0.2, 0) is 9.59 Å². The summed E-state index contributed by atoms with van der Waals surface area (Å²) in [7, 11) is 0. The second-order valence-corrected chi connectivity index (χ2v) is 6.45. The molecule has 4 nitrogen and oxygen atoms in total. The molecule has 0 aliphatic heterocycles. The standard InChI is InChI=1S/C17H24F2N2O2/c1-5-14(12-10-11(18)6-7-13(12)19)21-15(22)8-9-20-16(23)17(2,3)4/h6-7,10,14H,5,8-9H2,1-4H3,(H,20,23)(H,21,22)/t14-/m0/s1. The van der Waals surface area contributed by atoms with Gasteiger partial charge in [-0.3, -0.25) is 9.59 Å². The summed E-state index contributed by atoms with van der Waals surface area (Å²) in [4.78, 5) is 23.6. The van der Waals surface area contributed by atoms with Gasteiger partial charge >= 0.3 is 0 Å². The maximum atomic E-state index is 13.8. The van der Waals surface area contributed by atoms with E-state index < -0.39 is 23.1 Å². The normalized spacial score (nSPS) is 12.6. The number of hydrogen-bond acceptors (Lipinski definition) is 2. The number of carbonyl (C=O) groups excluding carboxylic acids is 2. The van der Waals surface area contributed by atoms with E-state index in [0.29, 0.717) is 6.42 Å². The Morgan fingerprint density at radius 2 is 1.87 bits per heavy atom. The van der Waals surface area contributed by atoms with Crippen molar-refractivity contribution in [3.05, 3.63) is 35.4 Å². The number of halogens is 2. The fourth-order valence-corrected chi connectivity index (χ4v) is 2.00. The summed E-state index contributed by atoms with van der Waals surface area (Å²) in [5.41, 5.74) is -0.396. The molecule has 1 atom stereocenters. The topological polar surface area (TPSA) is 58.2 Å². The Labute approximate surface area is 135 Å². The summed E-state index contributed by atoms with van der Waals surface area (Å²) < 4.78 is 27.0. The van der Waals surface area contributed by atoms with Gasteiger partial charge in [-0.2, -0.15) is 0 Å². The molecule has 1 rings (SSSR count). The van der Waals surface area contributed by atoms with Crippen LogP contribution in [0.4, 0.5) is 8.78 Å². The van der Waals surface area contributed by atoms with Crippen LogP contribution in [0.25, 0.3) is 0 Å². The van der Waals surface area contributed by atoms with Crippen molar-refractivity contribution in [3.63, 3.8) is 0 Å². The molecule has 2 N–H and O–H groups in total. The van der Waals surface area contributed by atoms with Gasteiger partial charge in [0, 0.05) is 23.9 Å². The molecule has 6 heteroatoms. The van der Waals surface area contributed by atoms with E-state index in [0.717, 1.165) is 18.2 Å². The zero-order chi connectivity index (χ0) is 17.6. The zero-order valence-corrected chi connectivity index (χ0v) is 14.0. The van der Waals surface area contributed by atoms with Crippen LogP contribution in [0, 0.1) is 17.0 Å². The lowest BCUT2D eigenvalue weighted by Crippen LogP contribution is -2.38. The number of hydrogen-bond donors (Lipinski definition) is 2. The Kier molecular flexibility index (Phi) is 6.66. The first-order chi connectivity index (χ1) is 10.6. The van der Waals surface area contributed by atoms with E-state index in [1.165, 1.54) is 0 Å². The Morgan fingerprint density at radius 1 is 1.22 bits per heavy atom. The van der Waals surface area contributed by atoms with Gasteiger partial charge in [0.25, 0.3) is 0 Å². The highest BCUT2D eigenvalue weighted by Gasteiger charge is 2.21. The molecule has 23 heavy (non-hydrogen) atoms. The predicted octanol–water partition coefficient (Wildman–Crippen LogP) is 3.08. The predicted molar refractivity (Wildman–Crippen MR) is 84.6 cm³/mol. The van der Waals surface area contributed by atoms with Gasteiger partial charge in [-0.15, -0.1) is 0 Å². The van der Waals surface area contributed by atoms with Crippen molar-refractivity contribution in [2.45, 2.75) is 46.6 Å². The highest BCUT2D eigenvalue weighted by atomic mass is 19.1. The van der Waals surface area contributed by atoms with Gasteiger partial charge in [0.2, 0.25) is 11.8 Å². The van der Waals surface area contributed by atoms with Gasteiger partial charge in [0.05, 0.1) is 6.04 Å². The van der Waals surface area contributed by atoms with E-state index in [2.05, 4.69) is 10.6 Å². The molecule has 0 unspecified atom stereocenters. The highest BCUT2D eigenvalue weighted by molar-refractivity contribution is 5.82. The smallest absolute Gasteiger partial charge is 0.225 e. The van der Waals surface area contributed by atoms with Gasteiger partial charge < -0.3 is 10.6 Å². The Bertz CT molecular complexity index is 568.